The third-order valence-corrected chi connectivity index (χ3v) is 2.16. The summed E-state index contributed by atoms with van der Waals surface area (Å²) in [4.78, 5) is 10.6. The molecule has 0 radical (unpaired) electrons. The van der Waals surface area contributed by atoms with E-state index in [2.05, 4.69) is 13.8 Å². The Morgan fingerprint density at radius 3 is 2.06 bits per heavy atom. The molecule has 0 aliphatic heterocycles. The van der Waals surface area contributed by atoms with Gasteiger partial charge in [0.2, 0.25) is 0 Å². The Morgan fingerprint density at radius 2 is 1.72 bits per heavy atom. The lowest BCUT2D eigenvalue weighted by Gasteiger charge is -2.12. The lowest BCUT2D eigenvalue weighted by Crippen LogP contribution is -2.07. The molecule has 0 aliphatic rings. The summed E-state index contributed by atoms with van der Waals surface area (Å²) >= 11 is 0. The van der Waals surface area contributed by atoms with Gasteiger partial charge in [0.15, 0.2) is 0 Å². The zero-order chi connectivity index (χ0) is 14.3. The highest BCUT2D eigenvalue weighted by molar-refractivity contribution is 5.77. The van der Waals surface area contributed by atoms with E-state index in [0.717, 1.165) is 12.1 Å². The van der Waals surface area contributed by atoms with E-state index in [1.807, 2.05) is 0 Å². The molecular weight excluding hydrogens is 241 g/mol. The number of hydrogen-bond acceptors (Lipinski definition) is 1. The van der Waals surface area contributed by atoms with E-state index in [1.165, 1.54) is 12.5 Å². The monoisotopic (exact) mass is 260 g/mol. The van der Waals surface area contributed by atoms with Gasteiger partial charge in [0.1, 0.15) is 6.29 Å². The molecule has 1 nitrogen and oxygen atoms in total. The topological polar surface area (TPSA) is 17.1 Å². The molecule has 0 unspecified atom stereocenters. The van der Waals surface area contributed by atoms with E-state index in [1.54, 1.807) is 13.8 Å². The largest absolute Gasteiger partial charge is 0.416 e. The van der Waals surface area contributed by atoms with Gasteiger partial charge in [-0.05, 0) is 23.6 Å². The summed E-state index contributed by atoms with van der Waals surface area (Å²) in [7, 11) is 0. The SMILES string of the molecule is CC(C)c1cc(C(F)(F)F)ccc1C=O.CCC. The molecule has 0 fully saturated rings. The van der Waals surface area contributed by atoms with Crippen molar-refractivity contribution in [3.8, 4) is 0 Å². The maximum Gasteiger partial charge on any atom is 0.416 e. The van der Waals surface area contributed by atoms with Crippen LogP contribution in [0.4, 0.5) is 13.2 Å². The average molecular weight is 260 g/mol. The summed E-state index contributed by atoms with van der Waals surface area (Å²) in [6, 6.07) is 3.18. The van der Waals surface area contributed by atoms with Crippen LogP contribution in [0.2, 0.25) is 0 Å². The number of hydrogen-bond donors (Lipinski definition) is 0. The minimum absolute atomic E-state index is 0.104. The van der Waals surface area contributed by atoms with Gasteiger partial charge >= 0.3 is 6.18 Å². The Hall–Kier alpha value is -1.32. The van der Waals surface area contributed by atoms with Gasteiger partial charge in [0.05, 0.1) is 5.56 Å². The van der Waals surface area contributed by atoms with Crippen LogP contribution in [0, 0.1) is 0 Å². The normalized spacial score (nSPS) is 10.9. The van der Waals surface area contributed by atoms with Crippen molar-refractivity contribution >= 4 is 6.29 Å². The summed E-state index contributed by atoms with van der Waals surface area (Å²) < 4.78 is 37.1. The standard InChI is InChI=1S/C11H11F3O.C3H8/c1-7(2)10-5-9(11(12,13)14)4-3-8(10)6-15;1-3-2/h3-7H,1-2H3;3H2,1-2H3. The molecule has 4 heteroatoms. The van der Waals surface area contributed by atoms with Gasteiger partial charge < -0.3 is 0 Å². The Balaban J connectivity index is 0.000000873. The molecule has 1 aromatic rings. The molecule has 0 N–H and O–H groups in total. The number of benzene rings is 1. The summed E-state index contributed by atoms with van der Waals surface area (Å²) in [6.45, 7) is 7.75. The molecular formula is C14H19F3O. The lowest BCUT2D eigenvalue weighted by molar-refractivity contribution is -0.137. The maximum absolute atomic E-state index is 12.4. The van der Waals surface area contributed by atoms with Gasteiger partial charge in [-0.1, -0.05) is 40.2 Å². The molecule has 102 valence electrons. The first-order valence-corrected chi connectivity index (χ1v) is 5.94. The zero-order valence-electron chi connectivity index (χ0n) is 11.1. The first-order valence-electron chi connectivity index (χ1n) is 5.94. The molecule has 18 heavy (non-hydrogen) atoms. The Morgan fingerprint density at radius 1 is 1.22 bits per heavy atom. The predicted octanol–water partition coefficient (Wildman–Crippen LogP) is 5.06. The summed E-state index contributed by atoms with van der Waals surface area (Å²) in [5.74, 6) is -0.104. The second-order valence-electron chi connectivity index (χ2n) is 4.32. The van der Waals surface area contributed by atoms with Gasteiger partial charge in [0, 0.05) is 5.56 Å². The first-order chi connectivity index (χ1) is 8.27. The van der Waals surface area contributed by atoms with Crippen molar-refractivity contribution in [2.45, 2.75) is 46.2 Å². The fourth-order valence-electron chi connectivity index (χ4n) is 1.36. The van der Waals surface area contributed by atoms with Gasteiger partial charge in [-0.15, -0.1) is 0 Å². The van der Waals surface area contributed by atoms with Crippen LogP contribution in [-0.4, -0.2) is 6.29 Å². The Bertz CT molecular complexity index is 381. The predicted molar refractivity (Wildman–Crippen MR) is 66.9 cm³/mol. The van der Waals surface area contributed by atoms with Crippen molar-refractivity contribution in [1.82, 2.24) is 0 Å². The molecule has 0 heterocycles. The average Bonchev–Trinajstić information content (AvgIpc) is 2.28. The molecule has 0 atom stereocenters. The van der Waals surface area contributed by atoms with Crippen LogP contribution in [0.25, 0.3) is 0 Å². The molecule has 0 bridgehead atoms. The number of carbonyl (C=O) groups excluding carboxylic acids is 1. The quantitative estimate of drug-likeness (QED) is 0.679. The van der Waals surface area contributed by atoms with E-state index >= 15 is 0 Å². The van der Waals surface area contributed by atoms with Gasteiger partial charge in [-0.2, -0.15) is 13.2 Å². The molecule has 0 saturated heterocycles. The highest BCUT2D eigenvalue weighted by Gasteiger charge is 2.31. The lowest BCUT2D eigenvalue weighted by atomic mass is 9.95. The highest BCUT2D eigenvalue weighted by atomic mass is 19.4. The fraction of sp³-hybridized carbons (Fsp3) is 0.500. The van der Waals surface area contributed by atoms with Crippen LogP contribution in [0.5, 0.6) is 0 Å². The van der Waals surface area contributed by atoms with Crippen molar-refractivity contribution < 1.29 is 18.0 Å². The molecule has 0 saturated carbocycles. The fourth-order valence-corrected chi connectivity index (χ4v) is 1.36. The number of alkyl halides is 3. The maximum atomic E-state index is 12.4. The van der Waals surface area contributed by atoms with Crippen LogP contribution in [-0.2, 0) is 6.18 Å². The third-order valence-electron chi connectivity index (χ3n) is 2.16. The summed E-state index contributed by atoms with van der Waals surface area (Å²) in [6.07, 6.45) is -2.53. The molecule has 0 amide bonds. The van der Waals surface area contributed by atoms with Crippen LogP contribution in [0.15, 0.2) is 18.2 Å². The zero-order valence-corrected chi connectivity index (χ0v) is 11.1. The molecule has 1 aromatic carbocycles. The first kappa shape index (κ1) is 16.7. The minimum atomic E-state index is -4.36. The molecule has 0 aromatic heterocycles. The summed E-state index contributed by atoms with van der Waals surface area (Å²) in [5.41, 5.74) is 0.0367. The second kappa shape index (κ2) is 7.19. The van der Waals surface area contributed by atoms with E-state index in [-0.39, 0.29) is 5.92 Å². The number of rotatable bonds is 2. The van der Waals surface area contributed by atoms with E-state index in [0.29, 0.717) is 17.4 Å². The van der Waals surface area contributed by atoms with Crippen LogP contribution < -0.4 is 0 Å². The van der Waals surface area contributed by atoms with Crippen molar-refractivity contribution in [3.05, 3.63) is 34.9 Å². The smallest absolute Gasteiger partial charge is 0.298 e. The van der Waals surface area contributed by atoms with Crippen LogP contribution >= 0.6 is 0 Å². The van der Waals surface area contributed by atoms with Gasteiger partial charge in [0.25, 0.3) is 0 Å². The van der Waals surface area contributed by atoms with Crippen molar-refractivity contribution in [2.24, 2.45) is 0 Å². The Labute approximate surface area is 106 Å². The van der Waals surface area contributed by atoms with Crippen LogP contribution in [0.1, 0.15) is 61.5 Å². The third kappa shape index (κ3) is 4.90. The molecule has 1 rings (SSSR count). The minimum Gasteiger partial charge on any atom is -0.298 e. The van der Waals surface area contributed by atoms with Crippen LogP contribution in [0.3, 0.4) is 0 Å². The van der Waals surface area contributed by atoms with Crippen molar-refractivity contribution in [1.29, 1.82) is 0 Å². The van der Waals surface area contributed by atoms with Crippen molar-refractivity contribution in [3.63, 3.8) is 0 Å². The van der Waals surface area contributed by atoms with Gasteiger partial charge in [-0.3, -0.25) is 4.79 Å². The van der Waals surface area contributed by atoms with E-state index in [9.17, 15) is 18.0 Å². The second-order valence-corrected chi connectivity index (χ2v) is 4.32. The number of halogens is 3. The molecule has 0 aliphatic carbocycles. The Kier molecular flexibility index (Phi) is 6.66. The summed E-state index contributed by atoms with van der Waals surface area (Å²) in [5, 5.41) is 0. The highest BCUT2D eigenvalue weighted by Crippen LogP contribution is 2.32. The van der Waals surface area contributed by atoms with Gasteiger partial charge in [-0.25, -0.2) is 0 Å². The van der Waals surface area contributed by atoms with E-state index < -0.39 is 11.7 Å². The molecule has 0 spiro atoms. The number of carbonyl (C=O) groups is 1. The van der Waals surface area contributed by atoms with E-state index in [4.69, 9.17) is 0 Å². The van der Waals surface area contributed by atoms with Crippen molar-refractivity contribution in [2.75, 3.05) is 0 Å². The number of aldehydes is 1.